The molecule has 1 heterocycles. The Balaban J connectivity index is 1.89. The van der Waals surface area contributed by atoms with Crippen molar-refractivity contribution in [3.63, 3.8) is 0 Å². The number of nitrogens with one attached hydrogen (secondary N) is 1. The van der Waals surface area contributed by atoms with Crippen molar-refractivity contribution in [1.82, 2.24) is 10.3 Å². The van der Waals surface area contributed by atoms with Crippen molar-refractivity contribution in [1.29, 1.82) is 0 Å². The highest BCUT2D eigenvalue weighted by Crippen LogP contribution is 2.31. The lowest BCUT2D eigenvalue weighted by Gasteiger charge is -2.32. The zero-order chi connectivity index (χ0) is 13.0. The van der Waals surface area contributed by atoms with Crippen LogP contribution in [0.4, 0.5) is 0 Å². The van der Waals surface area contributed by atoms with Crippen molar-refractivity contribution < 1.29 is 4.74 Å². The van der Waals surface area contributed by atoms with Gasteiger partial charge in [0, 0.05) is 6.54 Å². The minimum Gasteiger partial charge on any atom is -0.489 e. The summed E-state index contributed by atoms with van der Waals surface area (Å²) in [5.41, 5.74) is 1.05. The molecule has 1 N–H and O–H groups in total. The maximum absolute atomic E-state index is 6.02. The second-order valence-electron chi connectivity index (χ2n) is 5.52. The van der Waals surface area contributed by atoms with Crippen molar-refractivity contribution in [3.05, 3.63) is 24.0 Å². The first-order valence-electron chi connectivity index (χ1n) is 6.95. The summed E-state index contributed by atoms with van der Waals surface area (Å²) in [6, 6.07) is 4.06. The van der Waals surface area contributed by atoms with Crippen LogP contribution in [-0.2, 0) is 6.54 Å². The van der Waals surface area contributed by atoms with Crippen LogP contribution in [-0.4, -0.2) is 18.1 Å². The quantitative estimate of drug-likeness (QED) is 0.889. The molecule has 1 aliphatic carbocycles. The van der Waals surface area contributed by atoms with Crippen LogP contribution in [0.25, 0.3) is 0 Å². The van der Waals surface area contributed by atoms with Crippen LogP contribution in [0.2, 0.25) is 0 Å². The molecule has 3 heteroatoms. The van der Waals surface area contributed by atoms with Gasteiger partial charge in [0.25, 0.3) is 0 Å². The second kappa shape index (κ2) is 6.19. The fourth-order valence-electron chi connectivity index (χ4n) is 2.56. The van der Waals surface area contributed by atoms with Crippen LogP contribution in [0.3, 0.4) is 0 Å². The van der Waals surface area contributed by atoms with E-state index >= 15 is 0 Å². The summed E-state index contributed by atoms with van der Waals surface area (Å²) in [5, 5.41) is 3.09. The van der Waals surface area contributed by atoms with E-state index in [0.717, 1.165) is 29.8 Å². The normalized spacial score (nSPS) is 28.1. The number of pyridine rings is 1. The van der Waals surface area contributed by atoms with Crippen LogP contribution in [0.1, 0.15) is 38.8 Å². The van der Waals surface area contributed by atoms with Crippen LogP contribution >= 0.6 is 0 Å². The molecule has 3 nitrogen and oxygen atoms in total. The minimum absolute atomic E-state index is 0.369. The third-order valence-corrected chi connectivity index (χ3v) is 4.01. The Hall–Kier alpha value is -1.09. The van der Waals surface area contributed by atoms with Gasteiger partial charge >= 0.3 is 0 Å². The molecule has 0 bridgehead atoms. The largest absolute Gasteiger partial charge is 0.489 e. The van der Waals surface area contributed by atoms with Gasteiger partial charge in [-0.3, -0.25) is 4.98 Å². The molecule has 1 fully saturated rings. The molecular weight excluding hydrogens is 224 g/mol. The van der Waals surface area contributed by atoms with Crippen molar-refractivity contribution in [2.45, 2.75) is 45.8 Å². The Bertz CT molecular complexity index is 363. The Morgan fingerprint density at radius 2 is 2.11 bits per heavy atom. The summed E-state index contributed by atoms with van der Waals surface area (Å²) in [7, 11) is 1.93. The fraction of sp³-hybridized carbons (Fsp3) is 0.667. The van der Waals surface area contributed by atoms with E-state index in [9.17, 15) is 0 Å². The monoisotopic (exact) mass is 248 g/mol. The van der Waals surface area contributed by atoms with Crippen LogP contribution < -0.4 is 10.1 Å². The van der Waals surface area contributed by atoms with Crippen LogP contribution in [0.5, 0.6) is 5.75 Å². The molecular formula is C15H24N2O. The van der Waals surface area contributed by atoms with Gasteiger partial charge in [-0.1, -0.05) is 13.8 Å². The summed E-state index contributed by atoms with van der Waals surface area (Å²) in [5.74, 6) is 2.50. The third-order valence-electron chi connectivity index (χ3n) is 4.01. The van der Waals surface area contributed by atoms with Crippen molar-refractivity contribution >= 4 is 0 Å². The SMILES string of the molecule is CNCc1ccc(OC2CCC(C)C(C)C2)cn1. The maximum atomic E-state index is 6.02. The van der Waals surface area contributed by atoms with Gasteiger partial charge in [0.1, 0.15) is 5.75 Å². The molecule has 3 unspecified atom stereocenters. The zero-order valence-electron chi connectivity index (χ0n) is 11.6. The molecule has 18 heavy (non-hydrogen) atoms. The molecule has 0 aliphatic heterocycles. The molecule has 100 valence electrons. The lowest BCUT2D eigenvalue weighted by atomic mass is 9.80. The van der Waals surface area contributed by atoms with Gasteiger partial charge in [-0.2, -0.15) is 0 Å². The Labute approximate surface area is 110 Å². The van der Waals surface area contributed by atoms with E-state index in [1.54, 1.807) is 0 Å². The van der Waals surface area contributed by atoms with Crippen LogP contribution in [0, 0.1) is 11.8 Å². The first-order valence-corrected chi connectivity index (χ1v) is 6.95. The van der Waals surface area contributed by atoms with Crippen molar-refractivity contribution in [2.75, 3.05) is 7.05 Å². The standard InChI is InChI=1S/C15H24N2O/c1-11-4-6-14(8-12(11)2)18-15-7-5-13(9-16-3)17-10-15/h5,7,10-12,14,16H,4,6,8-9H2,1-3H3. The predicted molar refractivity (Wildman–Crippen MR) is 73.6 cm³/mol. The fourth-order valence-corrected chi connectivity index (χ4v) is 2.56. The molecule has 1 saturated carbocycles. The van der Waals surface area contributed by atoms with E-state index in [4.69, 9.17) is 4.74 Å². The highest BCUT2D eigenvalue weighted by Gasteiger charge is 2.25. The lowest BCUT2D eigenvalue weighted by Crippen LogP contribution is -2.28. The number of nitrogens with zero attached hydrogens (tertiary/aromatic N) is 1. The van der Waals surface area contributed by atoms with Crippen molar-refractivity contribution in [2.24, 2.45) is 11.8 Å². The van der Waals surface area contributed by atoms with Gasteiger partial charge in [0.15, 0.2) is 0 Å². The molecule has 0 aromatic carbocycles. The average Bonchev–Trinajstić information content (AvgIpc) is 2.37. The van der Waals surface area contributed by atoms with Gasteiger partial charge in [-0.05, 0) is 50.3 Å². The molecule has 1 aromatic heterocycles. The Kier molecular flexibility index (Phi) is 4.59. The molecule has 0 amide bonds. The van der Waals surface area contributed by atoms with Crippen molar-refractivity contribution in [3.8, 4) is 5.75 Å². The number of rotatable bonds is 4. The Morgan fingerprint density at radius 3 is 2.72 bits per heavy atom. The summed E-state index contributed by atoms with van der Waals surface area (Å²) in [6.45, 7) is 5.47. The summed E-state index contributed by atoms with van der Waals surface area (Å²) in [6.07, 6.45) is 5.82. The predicted octanol–water partition coefficient (Wildman–Crippen LogP) is 3.00. The van der Waals surface area contributed by atoms with Gasteiger partial charge < -0.3 is 10.1 Å². The summed E-state index contributed by atoms with van der Waals surface area (Å²) < 4.78 is 6.02. The van der Waals surface area contributed by atoms with E-state index in [1.807, 2.05) is 25.4 Å². The number of ether oxygens (including phenoxy) is 1. The average molecular weight is 248 g/mol. The first-order chi connectivity index (χ1) is 8.69. The number of hydrogen-bond acceptors (Lipinski definition) is 3. The Morgan fingerprint density at radius 1 is 1.28 bits per heavy atom. The lowest BCUT2D eigenvalue weighted by molar-refractivity contribution is 0.100. The van der Waals surface area contributed by atoms with Crippen LogP contribution in [0.15, 0.2) is 18.3 Å². The molecule has 0 spiro atoms. The molecule has 3 atom stereocenters. The van der Waals surface area contributed by atoms with Gasteiger partial charge in [-0.25, -0.2) is 0 Å². The summed E-state index contributed by atoms with van der Waals surface area (Å²) in [4.78, 5) is 4.38. The second-order valence-corrected chi connectivity index (χ2v) is 5.52. The molecule has 2 rings (SSSR count). The van der Waals surface area contributed by atoms with Gasteiger partial charge in [-0.15, -0.1) is 0 Å². The molecule has 1 aromatic rings. The smallest absolute Gasteiger partial charge is 0.138 e. The van der Waals surface area contributed by atoms with E-state index in [1.165, 1.54) is 19.3 Å². The van der Waals surface area contributed by atoms with Gasteiger partial charge in [0.2, 0.25) is 0 Å². The van der Waals surface area contributed by atoms with E-state index in [2.05, 4.69) is 24.1 Å². The third kappa shape index (κ3) is 3.45. The van der Waals surface area contributed by atoms with E-state index in [0.29, 0.717) is 6.10 Å². The topological polar surface area (TPSA) is 34.1 Å². The summed E-state index contributed by atoms with van der Waals surface area (Å²) >= 11 is 0. The maximum Gasteiger partial charge on any atom is 0.138 e. The highest BCUT2D eigenvalue weighted by molar-refractivity contribution is 5.20. The molecule has 0 radical (unpaired) electrons. The molecule has 0 saturated heterocycles. The number of hydrogen-bond donors (Lipinski definition) is 1. The number of aromatic nitrogens is 1. The van der Waals surface area contributed by atoms with Gasteiger partial charge in [0.05, 0.1) is 18.0 Å². The first kappa shape index (κ1) is 13.3. The van der Waals surface area contributed by atoms with E-state index in [-0.39, 0.29) is 0 Å². The minimum atomic E-state index is 0.369. The van der Waals surface area contributed by atoms with E-state index < -0.39 is 0 Å². The highest BCUT2D eigenvalue weighted by atomic mass is 16.5. The zero-order valence-corrected chi connectivity index (χ0v) is 11.6. The molecule has 1 aliphatic rings.